The first-order chi connectivity index (χ1) is 19.3. The first-order valence-electron chi connectivity index (χ1n) is 14.2. The number of fused-ring (bicyclic) bond motifs is 1. The van der Waals surface area contributed by atoms with E-state index in [0.29, 0.717) is 12.3 Å². The number of thioether (sulfide) groups is 1. The van der Waals surface area contributed by atoms with E-state index in [1.807, 2.05) is 42.7 Å². The number of amides is 1. The molecule has 3 atom stereocenters. The molecule has 2 aliphatic heterocycles. The van der Waals surface area contributed by atoms with Crippen LogP contribution in [0.4, 0.5) is 0 Å². The number of carbonyl (C=O) groups excluding carboxylic acids is 2. The summed E-state index contributed by atoms with van der Waals surface area (Å²) in [7, 11) is -3.89. The molecule has 2 heterocycles. The Bertz CT molecular complexity index is 1360. The topological polar surface area (TPSA) is 58.6 Å². The normalized spacial score (nSPS) is 22.9. The van der Waals surface area contributed by atoms with Gasteiger partial charge in [0.2, 0.25) is 14.2 Å². The Morgan fingerprint density at radius 2 is 1.34 bits per heavy atom. The highest BCUT2D eigenvalue weighted by Gasteiger charge is 2.58. The zero-order valence-electron chi connectivity index (χ0n) is 24.8. The number of rotatable bonds is 8. The molecule has 41 heavy (non-hydrogen) atoms. The van der Waals surface area contributed by atoms with E-state index in [1.54, 1.807) is 11.8 Å². The number of hydrogen-bond donors (Lipinski definition) is 1. The van der Waals surface area contributed by atoms with Gasteiger partial charge in [-0.25, -0.2) is 0 Å². The van der Waals surface area contributed by atoms with E-state index < -0.39 is 28.9 Å². The fourth-order valence-corrected chi connectivity index (χ4v) is 13.7. The second kappa shape index (κ2) is 11.4. The van der Waals surface area contributed by atoms with Gasteiger partial charge in [-0.15, -0.1) is 11.8 Å². The van der Waals surface area contributed by atoms with Gasteiger partial charge in [0, 0.05) is 12.3 Å². The van der Waals surface area contributed by atoms with E-state index in [2.05, 4.69) is 103 Å². The second-order valence-corrected chi connectivity index (χ2v) is 26.6. The van der Waals surface area contributed by atoms with Gasteiger partial charge in [0.15, 0.2) is 0 Å². The Hall–Kier alpha value is -2.36. The highest BCUT2D eigenvalue weighted by molar-refractivity contribution is 8.00. The molecule has 216 valence electrons. The van der Waals surface area contributed by atoms with E-state index in [0.717, 1.165) is 0 Å². The molecule has 2 fully saturated rings. The van der Waals surface area contributed by atoms with Crippen molar-refractivity contribution in [2.45, 2.75) is 50.7 Å². The highest BCUT2D eigenvalue weighted by Crippen LogP contribution is 2.50. The summed E-state index contributed by atoms with van der Waals surface area (Å²) >= 11 is 1.72. The number of hydrogen-bond acceptors (Lipinski definition) is 5. The number of β-lactam (4-membered cyclic amide) rings is 1. The van der Waals surface area contributed by atoms with Crippen LogP contribution in [0.5, 0.6) is 0 Å². The van der Waals surface area contributed by atoms with Crippen LogP contribution in [0.15, 0.2) is 91.0 Å². The molecule has 0 saturated carbocycles. The van der Waals surface area contributed by atoms with Gasteiger partial charge >= 0.3 is 5.97 Å². The van der Waals surface area contributed by atoms with Crippen molar-refractivity contribution in [2.24, 2.45) is 5.41 Å². The Morgan fingerprint density at radius 3 is 1.76 bits per heavy atom. The minimum atomic E-state index is -2.47. The third-order valence-electron chi connectivity index (χ3n) is 7.43. The van der Waals surface area contributed by atoms with Gasteiger partial charge in [0.05, 0.1) is 0 Å². The smallest absolute Gasteiger partial charge is 0.305 e. The molecule has 2 aliphatic rings. The molecule has 3 aromatic rings. The maximum absolute atomic E-state index is 14.4. The largest absolute Gasteiger partial charge is 0.519 e. The van der Waals surface area contributed by atoms with Gasteiger partial charge < -0.3 is 14.3 Å². The summed E-state index contributed by atoms with van der Waals surface area (Å²) < 4.78 is 6.31. The van der Waals surface area contributed by atoms with Crippen molar-refractivity contribution >= 4 is 68.8 Å². The fraction of sp³-hybridized carbons (Fsp3) is 0.344. The van der Waals surface area contributed by atoms with Crippen LogP contribution in [0.3, 0.4) is 0 Å². The van der Waals surface area contributed by atoms with Crippen molar-refractivity contribution in [3.8, 4) is 0 Å². The van der Waals surface area contributed by atoms with Gasteiger partial charge in [-0.2, -0.15) is 0 Å². The lowest BCUT2D eigenvalue weighted by molar-refractivity contribution is -0.152. The number of carbonyl (C=O) groups is 2. The Kier molecular flexibility index (Phi) is 8.36. The van der Waals surface area contributed by atoms with Crippen molar-refractivity contribution in [1.82, 2.24) is 9.88 Å². The Balaban J connectivity index is 1.74. The summed E-state index contributed by atoms with van der Waals surface area (Å²) in [5, 5.41) is 3.57. The SMILES string of the molecule is C[Si](C)(C)NC1C(=O)N2CC(C=P(c3ccccc3)(c3ccccc3)c3ccccc3)(C(=O)O[Si](C)(C)C)CS[C@H]12. The molecule has 5 nitrogen and oxygen atoms in total. The molecule has 1 amide bonds. The molecule has 2 unspecified atom stereocenters. The van der Waals surface area contributed by atoms with E-state index in [9.17, 15) is 9.59 Å². The van der Waals surface area contributed by atoms with Gasteiger partial charge in [-0.1, -0.05) is 116 Å². The fourth-order valence-electron chi connectivity index (χ4n) is 5.73. The molecule has 5 rings (SSSR count). The summed E-state index contributed by atoms with van der Waals surface area (Å²) in [6.45, 7) is 10.7. The van der Waals surface area contributed by atoms with Crippen molar-refractivity contribution in [3.05, 3.63) is 91.0 Å². The molecule has 1 N–H and O–H groups in total. The quantitative estimate of drug-likeness (QED) is 0.222. The molecule has 3 aromatic carbocycles. The van der Waals surface area contributed by atoms with Crippen LogP contribution in [-0.2, 0) is 14.0 Å². The average Bonchev–Trinajstić information content (AvgIpc) is 2.94. The molecule has 2 saturated heterocycles. The second-order valence-electron chi connectivity index (χ2n) is 13.1. The lowest BCUT2D eigenvalue weighted by Crippen LogP contribution is -2.76. The van der Waals surface area contributed by atoms with Crippen molar-refractivity contribution in [2.75, 3.05) is 12.3 Å². The molecule has 0 aliphatic carbocycles. The van der Waals surface area contributed by atoms with Gasteiger partial charge in [0.25, 0.3) is 0 Å². The lowest BCUT2D eigenvalue weighted by atomic mass is 9.89. The van der Waals surface area contributed by atoms with Gasteiger partial charge in [0.1, 0.15) is 25.1 Å². The van der Waals surface area contributed by atoms with Crippen LogP contribution in [0.25, 0.3) is 0 Å². The first-order valence-corrected chi connectivity index (χ1v) is 24.0. The van der Waals surface area contributed by atoms with Crippen molar-refractivity contribution in [1.29, 1.82) is 0 Å². The average molecular weight is 621 g/mol. The third-order valence-corrected chi connectivity index (χ3v) is 15.2. The molecule has 0 aromatic heterocycles. The molecule has 9 heteroatoms. The zero-order chi connectivity index (χ0) is 29.5. The molecule has 0 spiro atoms. The highest BCUT2D eigenvalue weighted by atomic mass is 32.2. The summed E-state index contributed by atoms with van der Waals surface area (Å²) in [5.74, 6) is 2.79. The van der Waals surface area contributed by atoms with E-state index >= 15 is 0 Å². The first kappa shape index (κ1) is 30.1. The van der Waals surface area contributed by atoms with Crippen LogP contribution < -0.4 is 20.9 Å². The monoisotopic (exact) mass is 620 g/mol. The maximum Gasteiger partial charge on any atom is 0.305 e. The van der Waals surface area contributed by atoms with E-state index in [-0.39, 0.29) is 23.3 Å². The van der Waals surface area contributed by atoms with Crippen LogP contribution in [-0.4, -0.2) is 62.8 Å². The number of nitrogens with zero attached hydrogens (tertiary/aromatic N) is 1. The predicted molar refractivity (Wildman–Crippen MR) is 181 cm³/mol. The Labute approximate surface area is 251 Å². The van der Waals surface area contributed by atoms with Crippen LogP contribution in [0.2, 0.25) is 39.3 Å². The molecular weight excluding hydrogens is 580 g/mol. The van der Waals surface area contributed by atoms with E-state index in [1.165, 1.54) is 15.9 Å². The van der Waals surface area contributed by atoms with Crippen LogP contribution in [0, 0.1) is 5.41 Å². The van der Waals surface area contributed by atoms with Gasteiger partial charge in [-0.05, 0) is 42.4 Å². The molecular formula is C32H41N2O3PSSi2. The molecule has 0 bridgehead atoms. The summed E-state index contributed by atoms with van der Waals surface area (Å²) in [6, 6.07) is 31.5. The minimum Gasteiger partial charge on any atom is -0.519 e. The van der Waals surface area contributed by atoms with Crippen molar-refractivity contribution in [3.63, 3.8) is 0 Å². The number of benzene rings is 3. The summed E-state index contributed by atoms with van der Waals surface area (Å²) in [5.41, 5.74) is -0.962. The standard InChI is InChI=1S/C32H41N2O3PSSi2/c1-40(2,3)33-28-29(35)34-22-32(24-39-30(28)34,31(36)37-41(4,5)6)23-38(25-16-10-7-11-17-25,26-18-12-8-13-19-26)27-20-14-9-15-21-27/h7-21,23,28,30,33H,22,24H2,1-6H3/t28?,30-,32?/m1/s1. The lowest BCUT2D eigenvalue weighted by Gasteiger charge is -2.55. The van der Waals surface area contributed by atoms with Crippen molar-refractivity contribution < 1.29 is 14.0 Å². The predicted octanol–water partition coefficient (Wildman–Crippen LogP) is 4.86. The third kappa shape index (κ3) is 6.09. The van der Waals surface area contributed by atoms with Crippen LogP contribution in [0.1, 0.15) is 0 Å². The van der Waals surface area contributed by atoms with E-state index in [4.69, 9.17) is 4.43 Å². The zero-order valence-corrected chi connectivity index (χ0v) is 28.5. The van der Waals surface area contributed by atoms with Gasteiger partial charge in [-0.3, -0.25) is 9.59 Å². The maximum atomic E-state index is 14.4. The van der Waals surface area contributed by atoms with Crippen LogP contribution >= 0.6 is 18.6 Å². The minimum absolute atomic E-state index is 0.0355. The number of nitrogens with one attached hydrogen (secondary N) is 1. The molecule has 0 radical (unpaired) electrons. The summed E-state index contributed by atoms with van der Waals surface area (Å²) in [6.07, 6.45) is 0. The Morgan fingerprint density at radius 1 is 0.878 bits per heavy atom. The summed E-state index contributed by atoms with van der Waals surface area (Å²) in [4.78, 5) is 33.6.